The Bertz CT molecular complexity index is 831. The number of fused-ring (bicyclic) bond motifs is 1. The summed E-state index contributed by atoms with van der Waals surface area (Å²) < 4.78 is 1.59. The van der Waals surface area contributed by atoms with Gasteiger partial charge in [0.2, 0.25) is 0 Å². The van der Waals surface area contributed by atoms with Crippen molar-refractivity contribution >= 4 is 17.0 Å². The highest BCUT2D eigenvalue weighted by Gasteiger charge is 2.10. The number of nitrogens with one attached hydrogen (secondary N) is 1. The minimum absolute atomic E-state index is 0.158. The van der Waals surface area contributed by atoms with E-state index in [4.69, 9.17) is 5.11 Å². The van der Waals surface area contributed by atoms with E-state index in [9.17, 15) is 9.59 Å². The molecule has 5 heteroatoms. The number of aromatic nitrogens is 2. The van der Waals surface area contributed by atoms with Crippen molar-refractivity contribution in [3.8, 4) is 0 Å². The molecule has 0 radical (unpaired) electrons. The van der Waals surface area contributed by atoms with Gasteiger partial charge in [0.1, 0.15) is 0 Å². The number of carbonyl (C=O) groups is 1. The van der Waals surface area contributed by atoms with Crippen molar-refractivity contribution < 1.29 is 9.90 Å². The maximum Gasteiger partial charge on any atom is 0.335 e. The van der Waals surface area contributed by atoms with Gasteiger partial charge in [-0.2, -0.15) is 0 Å². The van der Waals surface area contributed by atoms with Crippen molar-refractivity contribution in [1.82, 2.24) is 9.55 Å². The van der Waals surface area contributed by atoms with Gasteiger partial charge in [-0.25, -0.2) is 9.59 Å². The van der Waals surface area contributed by atoms with Crippen LogP contribution in [0.3, 0.4) is 0 Å². The third kappa shape index (κ3) is 2.09. The molecule has 5 nitrogen and oxygen atoms in total. The molecule has 0 spiro atoms. The first-order chi connectivity index (χ1) is 9.65. The van der Waals surface area contributed by atoms with Crippen LogP contribution < -0.4 is 5.69 Å². The predicted octanol–water partition coefficient (Wildman–Crippen LogP) is 2.08. The smallest absolute Gasteiger partial charge is 0.335 e. The molecule has 0 fully saturated rings. The van der Waals surface area contributed by atoms with Crippen molar-refractivity contribution in [2.75, 3.05) is 0 Å². The largest absolute Gasteiger partial charge is 0.478 e. The van der Waals surface area contributed by atoms with Gasteiger partial charge in [-0.15, -0.1) is 0 Å². The number of carboxylic acid groups (broad SMARTS) is 1. The summed E-state index contributed by atoms with van der Waals surface area (Å²) in [4.78, 5) is 25.6. The summed E-state index contributed by atoms with van der Waals surface area (Å²) in [7, 11) is 0. The quantitative estimate of drug-likeness (QED) is 0.763. The second-order valence-corrected chi connectivity index (χ2v) is 4.54. The fraction of sp³-hybridized carbons (Fsp3) is 0.0667. The molecule has 3 rings (SSSR count). The minimum atomic E-state index is -1.01. The van der Waals surface area contributed by atoms with Crippen LogP contribution in [0.4, 0.5) is 0 Å². The molecular weight excluding hydrogens is 256 g/mol. The van der Waals surface area contributed by atoms with E-state index < -0.39 is 5.97 Å². The lowest BCUT2D eigenvalue weighted by Gasteiger charge is -2.03. The van der Waals surface area contributed by atoms with Crippen LogP contribution in [0.15, 0.2) is 53.3 Å². The lowest BCUT2D eigenvalue weighted by atomic mass is 10.2. The summed E-state index contributed by atoms with van der Waals surface area (Å²) in [6, 6.07) is 14.3. The van der Waals surface area contributed by atoms with E-state index >= 15 is 0 Å². The minimum Gasteiger partial charge on any atom is -0.478 e. The van der Waals surface area contributed by atoms with Crippen molar-refractivity contribution in [2.45, 2.75) is 6.54 Å². The maximum absolute atomic E-state index is 12.0. The molecule has 0 atom stereocenters. The van der Waals surface area contributed by atoms with Gasteiger partial charge in [0.05, 0.1) is 23.1 Å². The van der Waals surface area contributed by atoms with E-state index in [0.717, 1.165) is 5.56 Å². The van der Waals surface area contributed by atoms with Crippen molar-refractivity contribution in [2.24, 2.45) is 0 Å². The Kier molecular flexibility index (Phi) is 2.87. The highest BCUT2D eigenvalue weighted by molar-refractivity contribution is 5.92. The number of H-pyrrole nitrogens is 1. The molecule has 3 aromatic rings. The van der Waals surface area contributed by atoms with E-state index in [1.807, 2.05) is 30.3 Å². The van der Waals surface area contributed by atoms with Crippen LogP contribution in [0.2, 0.25) is 0 Å². The van der Waals surface area contributed by atoms with E-state index in [1.54, 1.807) is 10.6 Å². The first-order valence-electron chi connectivity index (χ1n) is 6.15. The maximum atomic E-state index is 12.0. The Balaban J connectivity index is 2.10. The molecule has 0 saturated heterocycles. The number of rotatable bonds is 3. The number of imidazole rings is 1. The third-order valence-corrected chi connectivity index (χ3v) is 3.20. The number of aromatic carboxylic acids is 1. The first-order valence-corrected chi connectivity index (χ1v) is 6.15. The Hall–Kier alpha value is -2.82. The van der Waals surface area contributed by atoms with Gasteiger partial charge < -0.3 is 10.1 Å². The first kappa shape index (κ1) is 12.2. The van der Waals surface area contributed by atoms with E-state index in [2.05, 4.69) is 4.98 Å². The monoisotopic (exact) mass is 268 g/mol. The summed E-state index contributed by atoms with van der Waals surface area (Å²) in [6.45, 7) is 0.450. The number of hydrogen-bond donors (Lipinski definition) is 2. The third-order valence-electron chi connectivity index (χ3n) is 3.20. The van der Waals surface area contributed by atoms with E-state index in [0.29, 0.717) is 17.6 Å². The van der Waals surface area contributed by atoms with Crippen LogP contribution in [-0.4, -0.2) is 20.6 Å². The molecule has 0 aliphatic carbocycles. The topological polar surface area (TPSA) is 75.1 Å². The zero-order chi connectivity index (χ0) is 14.1. The number of hydrogen-bond acceptors (Lipinski definition) is 2. The number of benzene rings is 2. The molecule has 2 N–H and O–H groups in total. The predicted molar refractivity (Wildman–Crippen MR) is 75.1 cm³/mol. The Morgan fingerprint density at radius 2 is 1.90 bits per heavy atom. The van der Waals surface area contributed by atoms with Crippen molar-refractivity contribution in [1.29, 1.82) is 0 Å². The van der Waals surface area contributed by atoms with Gasteiger partial charge in [-0.05, 0) is 23.8 Å². The van der Waals surface area contributed by atoms with Crippen molar-refractivity contribution in [3.63, 3.8) is 0 Å². The molecule has 0 unspecified atom stereocenters. The zero-order valence-corrected chi connectivity index (χ0v) is 10.5. The van der Waals surface area contributed by atoms with Crippen LogP contribution in [0.1, 0.15) is 15.9 Å². The van der Waals surface area contributed by atoms with Crippen molar-refractivity contribution in [3.05, 3.63) is 70.1 Å². The molecule has 0 bridgehead atoms. The Morgan fingerprint density at radius 3 is 2.60 bits per heavy atom. The second-order valence-electron chi connectivity index (χ2n) is 4.54. The van der Waals surface area contributed by atoms with Crippen LogP contribution >= 0.6 is 0 Å². The SMILES string of the molecule is O=C(O)c1ccc2c(c1)[nH]c(=O)n2Cc1ccccc1. The average Bonchev–Trinajstić information content (AvgIpc) is 2.75. The number of carboxylic acids is 1. The second kappa shape index (κ2) is 4.70. The summed E-state index contributed by atoms with van der Waals surface area (Å²) in [5.74, 6) is -1.01. The lowest BCUT2D eigenvalue weighted by Crippen LogP contribution is -2.17. The molecule has 0 aliphatic rings. The van der Waals surface area contributed by atoms with Gasteiger partial charge in [0.15, 0.2) is 0 Å². The summed E-state index contributed by atoms with van der Waals surface area (Å²) in [6.07, 6.45) is 0. The highest BCUT2D eigenvalue weighted by atomic mass is 16.4. The molecule has 0 amide bonds. The normalized spacial score (nSPS) is 10.8. The van der Waals surface area contributed by atoms with Gasteiger partial charge >= 0.3 is 11.7 Å². The van der Waals surface area contributed by atoms with Gasteiger partial charge in [-0.3, -0.25) is 4.57 Å². The van der Waals surface area contributed by atoms with Gasteiger partial charge in [0, 0.05) is 0 Å². The molecule has 20 heavy (non-hydrogen) atoms. The van der Waals surface area contributed by atoms with Crippen LogP contribution in [0.5, 0.6) is 0 Å². The van der Waals surface area contributed by atoms with E-state index in [1.165, 1.54) is 12.1 Å². The molecular formula is C15H12N2O3. The average molecular weight is 268 g/mol. The highest BCUT2D eigenvalue weighted by Crippen LogP contribution is 2.14. The fourth-order valence-corrected chi connectivity index (χ4v) is 2.22. The van der Waals surface area contributed by atoms with Crippen LogP contribution in [0, 0.1) is 0 Å². The molecule has 2 aromatic carbocycles. The summed E-state index contributed by atoms with van der Waals surface area (Å²) >= 11 is 0. The summed E-state index contributed by atoms with van der Waals surface area (Å²) in [5, 5.41) is 8.96. The zero-order valence-electron chi connectivity index (χ0n) is 10.5. The molecule has 0 saturated carbocycles. The molecule has 1 aromatic heterocycles. The number of aromatic amines is 1. The molecule has 100 valence electrons. The summed E-state index contributed by atoms with van der Waals surface area (Å²) in [5.41, 5.74) is 2.16. The Labute approximate surface area is 114 Å². The Morgan fingerprint density at radius 1 is 1.15 bits per heavy atom. The number of nitrogens with zero attached hydrogens (tertiary/aromatic N) is 1. The lowest BCUT2D eigenvalue weighted by molar-refractivity contribution is 0.0697. The molecule has 0 aliphatic heterocycles. The van der Waals surface area contributed by atoms with Crippen LogP contribution in [-0.2, 0) is 6.54 Å². The van der Waals surface area contributed by atoms with Gasteiger partial charge in [0.25, 0.3) is 0 Å². The standard InChI is InChI=1S/C15H12N2O3/c18-14(19)11-6-7-13-12(8-11)16-15(20)17(13)9-10-4-2-1-3-5-10/h1-8H,9H2,(H,16,20)(H,18,19). The van der Waals surface area contributed by atoms with E-state index in [-0.39, 0.29) is 11.3 Å². The molecule has 1 heterocycles. The fourth-order valence-electron chi connectivity index (χ4n) is 2.22. The van der Waals surface area contributed by atoms with Crippen LogP contribution in [0.25, 0.3) is 11.0 Å². The van der Waals surface area contributed by atoms with Gasteiger partial charge in [-0.1, -0.05) is 30.3 Å².